The lowest BCUT2D eigenvalue weighted by Crippen LogP contribution is -2.41. The summed E-state index contributed by atoms with van der Waals surface area (Å²) in [5, 5.41) is 12.8. The summed E-state index contributed by atoms with van der Waals surface area (Å²) in [5.41, 5.74) is 0.774. The topological polar surface area (TPSA) is 123 Å². The number of anilines is 2. The molecule has 1 fully saturated rings. The Morgan fingerprint density at radius 3 is 2.56 bits per heavy atom. The Morgan fingerprint density at radius 2 is 1.85 bits per heavy atom. The van der Waals surface area contributed by atoms with E-state index < -0.39 is 11.8 Å². The van der Waals surface area contributed by atoms with Gasteiger partial charge in [0.05, 0.1) is 23.9 Å². The zero-order valence-corrected chi connectivity index (χ0v) is 22.2. The SMILES string of the molecule is C=CC(=O)N1CCC(Oc2cc3c(Nc4ccc(Oc5cccc(C(=O)O)c5)cc4F)ncnc3cc2OC)CC1. The summed E-state index contributed by atoms with van der Waals surface area (Å²) in [6.07, 6.45) is 3.85. The number of carbonyl (C=O) groups excluding carboxylic acids is 1. The van der Waals surface area contributed by atoms with Gasteiger partial charge in [0.2, 0.25) is 5.91 Å². The molecule has 0 radical (unpaired) electrons. The van der Waals surface area contributed by atoms with Gasteiger partial charge in [-0.25, -0.2) is 19.2 Å². The monoisotopic (exact) mass is 558 g/mol. The number of nitrogens with one attached hydrogen (secondary N) is 1. The first-order chi connectivity index (χ1) is 19.8. The van der Waals surface area contributed by atoms with E-state index in [1.54, 1.807) is 35.2 Å². The predicted octanol–water partition coefficient (Wildman–Crippen LogP) is 5.57. The summed E-state index contributed by atoms with van der Waals surface area (Å²) in [6.45, 7) is 4.66. The first kappa shape index (κ1) is 27.4. The number of hydrogen-bond acceptors (Lipinski definition) is 8. The third kappa shape index (κ3) is 6.19. The molecule has 0 aliphatic carbocycles. The van der Waals surface area contributed by atoms with Gasteiger partial charge >= 0.3 is 5.97 Å². The van der Waals surface area contributed by atoms with Gasteiger partial charge in [-0.2, -0.15) is 0 Å². The Labute approximate surface area is 235 Å². The lowest BCUT2D eigenvalue weighted by molar-refractivity contribution is -0.127. The van der Waals surface area contributed by atoms with Gasteiger partial charge in [-0.05, 0) is 42.5 Å². The minimum atomic E-state index is -1.09. The Kier molecular flexibility index (Phi) is 7.95. The number of carbonyl (C=O) groups is 2. The molecule has 1 amide bonds. The normalized spacial score (nSPS) is 13.5. The Hall–Kier alpha value is -5.19. The van der Waals surface area contributed by atoms with E-state index in [1.807, 2.05) is 0 Å². The number of amides is 1. The molecule has 11 heteroatoms. The molecule has 10 nitrogen and oxygen atoms in total. The zero-order chi connectivity index (χ0) is 28.9. The van der Waals surface area contributed by atoms with Gasteiger partial charge < -0.3 is 29.5 Å². The van der Waals surface area contributed by atoms with Crippen LogP contribution in [-0.4, -0.2) is 58.2 Å². The molecular formula is C30H27FN4O6. The second-order valence-electron chi connectivity index (χ2n) is 9.29. The average molecular weight is 559 g/mol. The van der Waals surface area contributed by atoms with Crippen molar-refractivity contribution in [1.82, 2.24) is 14.9 Å². The number of fused-ring (bicyclic) bond motifs is 1. The lowest BCUT2D eigenvalue weighted by atomic mass is 10.1. The first-order valence-corrected chi connectivity index (χ1v) is 12.8. The van der Waals surface area contributed by atoms with Crippen molar-refractivity contribution in [3.63, 3.8) is 0 Å². The number of methoxy groups -OCH3 is 1. The number of aromatic carboxylic acids is 1. The van der Waals surface area contributed by atoms with Crippen LogP contribution in [0.15, 0.2) is 73.6 Å². The largest absolute Gasteiger partial charge is 0.493 e. The van der Waals surface area contributed by atoms with Crippen molar-refractivity contribution in [3.05, 3.63) is 85.0 Å². The molecule has 2 heterocycles. The van der Waals surface area contributed by atoms with Crippen LogP contribution < -0.4 is 19.5 Å². The Morgan fingerprint density at radius 1 is 1.07 bits per heavy atom. The highest BCUT2D eigenvalue weighted by Gasteiger charge is 2.24. The van der Waals surface area contributed by atoms with Crippen LogP contribution in [0.4, 0.5) is 15.9 Å². The number of halogens is 1. The maximum atomic E-state index is 15.1. The summed E-state index contributed by atoms with van der Waals surface area (Å²) in [5.74, 6) is 0.0138. The lowest BCUT2D eigenvalue weighted by Gasteiger charge is -2.31. The molecule has 5 rings (SSSR count). The number of carboxylic acid groups (broad SMARTS) is 1. The number of hydrogen-bond donors (Lipinski definition) is 2. The number of benzene rings is 3. The van der Waals surface area contributed by atoms with Crippen molar-refractivity contribution >= 4 is 34.3 Å². The maximum absolute atomic E-state index is 15.1. The highest BCUT2D eigenvalue weighted by atomic mass is 19.1. The molecule has 0 spiro atoms. The van der Waals surface area contributed by atoms with Crippen LogP contribution in [0.25, 0.3) is 10.9 Å². The van der Waals surface area contributed by atoms with E-state index in [-0.39, 0.29) is 34.8 Å². The summed E-state index contributed by atoms with van der Waals surface area (Å²) in [4.78, 5) is 33.5. The molecule has 0 saturated carbocycles. The van der Waals surface area contributed by atoms with Crippen LogP contribution in [0.3, 0.4) is 0 Å². The molecule has 3 aromatic carbocycles. The van der Waals surface area contributed by atoms with Crippen molar-refractivity contribution in [3.8, 4) is 23.0 Å². The number of nitrogens with zero attached hydrogens (tertiary/aromatic N) is 3. The minimum Gasteiger partial charge on any atom is -0.493 e. The number of carboxylic acids is 1. The van der Waals surface area contributed by atoms with Gasteiger partial charge in [-0.1, -0.05) is 12.6 Å². The summed E-state index contributed by atoms with van der Waals surface area (Å²) in [6, 6.07) is 13.7. The van der Waals surface area contributed by atoms with E-state index in [4.69, 9.17) is 14.2 Å². The average Bonchev–Trinajstić information content (AvgIpc) is 2.98. The number of likely N-dealkylation sites (tertiary alicyclic amines) is 1. The second-order valence-corrected chi connectivity index (χ2v) is 9.29. The Balaban J connectivity index is 1.36. The van der Waals surface area contributed by atoms with Crippen LogP contribution in [0.2, 0.25) is 0 Å². The van der Waals surface area contributed by atoms with E-state index in [0.717, 1.165) is 0 Å². The smallest absolute Gasteiger partial charge is 0.335 e. The van der Waals surface area contributed by atoms with E-state index >= 15 is 4.39 Å². The van der Waals surface area contributed by atoms with Gasteiger partial charge in [-0.3, -0.25) is 4.79 Å². The summed E-state index contributed by atoms with van der Waals surface area (Å²) < 4.78 is 32.6. The van der Waals surface area contributed by atoms with Gasteiger partial charge in [0.1, 0.15) is 35.6 Å². The molecule has 2 N–H and O–H groups in total. The predicted molar refractivity (Wildman–Crippen MR) is 150 cm³/mol. The van der Waals surface area contributed by atoms with E-state index in [2.05, 4.69) is 21.9 Å². The molecule has 210 valence electrons. The minimum absolute atomic E-state index is 0.0603. The quantitative estimate of drug-likeness (QED) is 0.254. The molecule has 1 aliphatic rings. The van der Waals surface area contributed by atoms with Crippen LogP contribution in [0, 0.1) is 5.82 Å². The van der Waals surface area contributed by atoms with Gasteiger partial charge in [0.15, 0.2) is 11.5 Å². The third-order valence-corrected chi connectivity index (χ3v) is 6.65. The molecule has 0 atom stereocenters. The Bertz CT molecular complexity index is 1620. The second kappa shape index (κ2) is 11.9. The third-order valence-electron chi connectivity index (χ3n) is 6.65. The van der Waals surface area contributed by atoms with Crippen LogP contribution in [0.1, 0.15) is 23.2 Å². The first-order valence-electron chi connectivity index (χ1n) is 12.8. The van der Waals surface area contributed by atoms with Crippen molar-refractivity contribution in [2.45, 2.75) is 18.9 Å². The molecular weight excluding hydrogens is 531 g/mol. The van der Waals surface area contributed by atoms with Crippen molar-refractivity contribution in [2.75, 3.05) is 25.5 Å². The van der Waals surface area contributed by atoms with Crippen LogP contribution in [-0.2, 0) is 4.79 Å². The van der Waals surface area contributed by atoms with E-state index in [9.17, 15) is 14.7 Å². The summed E-state index contributed by atoms with van der Waals surface area (Å²) in [7, 11) is 1.54. The zero-order valence-electron chi connectivity index (χ0n) is 22.2. The number of ether oxygens (including phenoxy) is 3. The molecule has 4 aromatic rings. The number of rotatable bonds is 9. The standard InChI is InChI=1S/C30H27FN4O6/c1-3-28(36)35-11-9-19(10-12-35)41-27-15-22-25(16-26(27)39-2)32-17-33-29(22)34-24-8-7-21(14-23(24)31)40-20-6-4-5-18(13-20)30(37)38/h3-8,13-17,19H,1,9-12H2,2H3,(H,37,38)(H,32,33,34). The molecule has 41 heavy (non-hydrogen) atoms. The molecule has 1 aliphatic heterocycles. The highest BCUT2D eigenvalue weighted by Crippen LogP contribution is 2.37. The van der Waals surface area contributed by atoms with E-state index in [0.29, 0.717) is 54.2 Å². The molecule has 0 bridgehead atoms. The fourth-order valence-corrected chi connectivity index (χ4v) is 4.53. The number of piperidine rings is 1. The van der Waals surface area contributed by atoms with Crippen molar-refractivity contribution < 1.29 is 33.3 Å². The highest BCUT2D eigenvalue weighted by molar-refractivity contribution is 5.93. The van der Waals surface area contributed by atoms with E-state index in [1.165, 1.54) is 43.8 Å². The van der Waals surface area contributed by atoms with Crippen LogP contribution in [0.5, 0.6) is 23.0 Å². The maximum Gasteiger partial charge on any atom is 0.335 e. The molecule has 1 aromatic heterocycles. The molecule has 1 saturated heterocycles. The summed E-state index contributed by atoms with van der Waals surface area (Å²) >= 11 is 0. The van der Waals surface area contributed by atoms with Crippen LogP contribution >= 0.6 is 0 Å². The van der Waals surface area contributed by atoms with Crippen molar-refractivity contribution in [1.29, 1.82) is 0 Å². The van der Waals surface area contributed by atoms with Gasteiger partial charge in [0.25, 0.3) is 0 Å². The van der Waals surface area contributed by atoms with Gasteiger partial charge in [-0.15, -0.1) is 0 Å². The number of aromatic nitrogens is 2. The van der Waals surface area contributed by atoms with Gasteiger partial charge in [0, 0.05) is 43.5 Å². The van der Waals surface area contributed by atoms with Crippen molar-refractivity contribution in [2.24, 2.45) is 0 Å². The fraction of sp³-hybridized carbons (Fsp3) is 0.200. The fourth-order valence-electron chi connectivity index (χ4n) is 4.53. The molecule has 0 unspecified atom stereocenters.